The van der Waals surface area contributed by atoms with Crippen molar-refractivity contribution in [1.29, 1.82) is 0 Å². The van der Waals surface area contributed by atoms with Gasteiger partial charge in [-0.15, -0.1) is 0 Å². The zero-order valence-corrected chi connectivity index (χ0v) is 8.29. The molecule has 0 aromatic rings. The van der Waals surface area contributed by atoms with E-state index in [1.54, 1.807) is 0 Å². The van der Waals surface area contributed by atoms with Crippen molar-refractivity contribution in [1.82, 2.24) is 5.32 Å². The highest BCUT2D eigenvalue weighted by Gasteiger charge is 2.06. The first-order chi connectivity index (χ1) is 6.02. The third kappa shape index (κ3) is 9.30. The van der Waals surface area contributed by atoms with E-state index in [-0.39, 0.29) is 12.5 Å². The number of hydrogen-bond donors (Lipinski definition) is 3. The van der Waals surface area contributed by atoms with Gasteiger partial charge in [0.2, 0.25) is 0 Å². The second-order valence-corrected chi connectivity index (χ2v) is 3.63. The Labute approximate surface area is 79.0 Å². The van der Waals surface area contributed by atoms with Gasteiger partial charge >= 0.3 is 5.97 Å². The van der Waals surface area contributed by atoms with Crippen LogP contribution < -0.4 is 5.32 Å². The Hall–Kier alpha value is -0.610. The summed E-state index contributed by atoms with van der Waals surface area (Å²) in [5.74, 6) is -0.345. The van der Waals surface area contributed by atoms with Gasteiger partial charge < -0.3 is 15.5 Å². The minimum absolute atomic E-state index is 0.106. The SMILES string of the molecule is CC(C)CC(O)CNCCC(=O)O. The van der Waals surface area contributed by atoms with Gasteiger partial charge in [-0.25, -0.2) is 0 Å². The highest BCUT2D eigenvalue weighted by Crippen LogP contribution is 2.02. The quantitative estimate of drug-likeness (QED) is 0.509. The summed E-state index contributed by atoms with van der Waals surface area (Å²) in [4.78, 5) is 10.1. The van der Waals surface area contributed by atoms with Gasteiger partial charge in [-0.2, -0.15) is 0 Å². The summed E-state index contributed by atoms with van der Waals surface area (Å²) in [5, 5.41) is 20.6. The molecule has 4 nitrogen and oxygen atoms in total. The number of hydrogen-bond acceptors (Lipinski definition) is 3. The molecule has 0 fully saturated rings. The lowest BCUT2D eigenvalue weighted by Gasteiger charge is -2.13. The lowest BCUT2D eigenvalue weighted by atomic mass is 10.1. The van der Waals surface area contributed by atoms with Crippen molar-refractivity contribution in [2.45, 2.75) is 32.8 Å². The van der Waals surface area contributed by atoms with E-state index in [0.29, 0.717) is 19.0 Å². The van der Waals surface area contributed by atoms with E-state index in [0.717, 1.165) is 6.42 Å². The summed E-state index contributed by atoms with van der Waals surface area (Å²) in [6.45, 7) is 4.98. The summed E-state index contributed by atoms with van der Waals surface area (Å²) in [7, 11) is 0. The van der Waals surface area contributed by atoms with E-state index in [2.05, 4.69) is 5.32 Å². The van der Waals surface area contributed by atoms with Crippen molar-refractivity contribution >= 4 is 5.97 Å². The molecule has 0 rings (SSSR count). The number of aliphatic hydroxyl groups excluding tert-OH is 1. The molecule has 0 saturated carbocycles. The number of nitrogens with one attached hydrogen (secondary N) is 1. The monoisotopic (exact) mass is 189 g/mol. The van der Waals surface area contributed by atoms with Gasteiger partial charge in [-0.05, 0) is 12.3 Å². The Kier molecular flexibility index (Phi) is 6.54. The molecular weight excluding hydrogens is 170 g/mol. The van der Waals surface area contributed by atoms with Gasteiger partial charge in [0.15, 0.2) is 0 Å². The molecule has 0 amide bonds. The maximum Gasteiger partial charge on any atom is 0.304 e. The Morgan fingerprint density at radius 1 is 1.46 bits per heavy atom. The summed E-state index contributed by atoms with van der Waals surface area (Å²) < 4.78 is 0. The van der Waals surface area contributed by atoms with E-state index in [9.17, 15) is 9.90 Å². The van der Waals surface area contributed by atoms with Crippen LogP contribution >= 0.6 is 0 Å². The molecule has 0 radical (unpaired) electrons. The maximum atomic E-state index is 10.1. The predicted octanol–water partition coefficient (Wildman–Crippen LogP) is 0.458. The van der Waals surface area contributed by atoms with Crippen LogP contribution in [-0.4, -0.2) is 35.4 Å². The summed E-state index contributed by atoms with van der Waals surface area (Å²) >= 11 is 0. The molecule has 13 heavy (non-hydrogen) atoms. The average molecular weight is 189 g/mol. The molecule has 0 aromatic heterocycles. The number of carboxylic acid groups (broad SMARTS) is 1. The van der Waals surface area contributed by atoms with Crippen LogP contribution in [0.4, 0.5) is 0 Å². The van der Waals surface area contributed by atoms with Crippen molar-refractivity contribution in [2.24, 2.45) is 5.92 Å². The van der Waals surface area contributed by atoms with Gasteiger partial charge in [0.25, 0.3) is 0 Å². The lowest BCUT2D eigenvalue weighted by molar-refractivity contribution is -0.136. The summed E-state index contributed by atoms with van der Waals surface area (Å²) in [6, 6.07) is 0. The predicted molar refractivity (Wildman–Crippen MR) is 50.6 cm³/mol. The molecule has 3 N–H and O–H groups in total. The van der Waals surface area contributed by atoms with Gasteiger partial charge in [0, 0.05) is 13.1 Å². The number of aliphatic hydroxyl groups is 1. The Morgan fingerprint density at radius 3 is 2.54 bits per heavy atom. The molecule has 0 spiro atoms. The largest absolute Gasteiger partial charge is 0.481 e. The van der Waals surface area contributed by atoms with Crippen LogP contribution in [0, 0.1) is 5.92 Å². The fourth-order valence-electron chi connectivity index (χ4n) is 1.09. The minimum Gasteiger partial charge on any atom is -0.481 e. The lowest BCUT2D eigenvalue weighted by Crippen LogP contribution is -2.29. The van der Waals surface area contributed by atoms with E-state index >= 15 is 0 Å². The van der Waals surface area contributed by atoms with E-state index in [4.69, 9.17) is 5.11 Å². The van der Waals surface area contributed by atoms with Gasteiger partial charge in [0.1, 0.15) is 0 Å². The third-order valence-electron chi connectivity index (χ3n) is 1.64. The normalized spacial score (nSPS) is 13.2. The fourth-order valence-corrected chi connectivity index (χ4v) is 1.09. The Morgan fingerprint density at radius 2 is 2.08 bits per heavy atom. The molecule has 1 atom stereocenters. The average Bonchev–Trinajstić information content (AvgIpc) is 1.96. The first-order valence-electron chi connectivity index (χ1n) is 4.63. The smallest absolute Gasteiger partial charge is 0.304 e. The molecule has 0 bridgehead atoms. The first kappa shape index (κ1) is 12.4. The molecule has 0 aliphatic carbocycles. The van der Waals surface area contributed by atoms with Crippen LogP contribution in [0.2, 0.25) is 0 Å². The topological polar surface area (TPSA) is 69.6 Å². The number of carbonyl (C=O) groups is 1. The molecule has 0 saturated heterocycles. The van der Waals surface area contributed by atoms with Crippen molar-refractivity contribution in [2.75, 3.05) is 13.1 Å². The molecule has 0 aliphatic heterocycles. The van der Waals surface area contributed by atoms with Crippen LogP contribution in [0.1, 0.15) is 26.7 Å². The molecule has 0 heterocycles. The Bertz CT molecular complexity index is 148. The minimum atomic E-state index is -0.814. The van der Waals surface area contributed by atoms with Crippen molar-refractivity contribution < 1.29 is 15.0 Å². The number of rotatable bonds is 7. The van der Waals surface area contributed by atoms with E-state index < -0.39 is 5.97 Å². The number of aliphatic carboxylic acids is 1. The second-order valence-electron chi connectivity index (χ2n) is 3.63. The van der Waals surface area contributed by atoms with Crippen LogP contribution in [0.3, 0.4) is 0 Å². The van der Waals surface area contributed by atoms with Gasteiger partial charge in [0.05, 0.1) is 12.5 Å². The van der Waals surface area contributed by atoms with Gasteiger partial charge in [-0.1, -0.05) is 13.8 Å². The number of carboxylic acids is 1. The highest BCUT2D eigenvalue weighted by molar-refractivity contribution is 5.66. The Balaban J connectivity index is 3.26. The molecule has 1 unspecified atom stereocenters. The highest BCUT2D eigenvalue weighted by atomic mass is 16.4. The zero-order valence-electron chi connectivity index (χ0n) is 8.29. The summed E-state index contributed by atoms with van der Waals surface area (Å²) in [6.07, 6.45) is 0.489. The second kappa shape index (κ2) is 6.86. The molecule has 78 valence electrons. The van der Waals surface area contributed by atoms with Crippen LogP contribution in [0.5, 0.6) is 0 Å². The van der Waals surface area contributed by atoms with E-state index in [1.165, 1.54) is 0 Å². The zero-order chi connectivity index (χ0) is 10.3. The van der Waals surface area contributed by atoms with Crippen LogP contribution in [-0.2, 0) is 4.79 Å². The maximum absolute atomic E-state index is 10.1. The molecular formula is C9H19NO3. The standard InChI is InChI=1S/C9H19NO3/c1-7(2)5-8(11)6-10-4-3-9(12)13/h7-8,10-11H,3-6H2,1-2H3,(H,12,13). The van der Waals surface area contributed by atoms with Crippen LogP contribution in [0.15, 0.2) is 0 Å². The van der Waals surface area contributed by atoms with E-state index in [1.807, 2.05) is 13.8 Å². The molecule has 0 aromatic carbocycles. The van der Waals surface area contributed by atoms with Crippen LogP contribution in [0.25, 0.3) is 0 Å². The van der Waals surface area contributed by atoms with Gasteiger partial charge in [-0.3, -0.25) is 4.79 Å². The summed E-state index contributed by atoms with van der Waals surface area (Å²) in [5.41, 5.74) is 0. The van der Waals surface area contributed by atoms with Crippen molar-refractivity contribution in [3.8, 4) is 0 Å². The third-order valence-corrected chi connectivity index (χ3v) is 1.64. The van der Waals surface area contributed by atoms with Crippen molar-refractivity contribution in [3.63, 3.8) is 0 Å². The first-order valence-corrected chi connectivity index (χ1v) is 4.63. The fraction of sp³-hybridized carbons (Fsp3) is 0.889. The van der Waals surface area contributed by atoms with Crippen molar-refractivity contribution in [3.05, 3.63) is 0 Å². The molecule has 4 heteroatoms. The molecule has 0 aliphatic rings.